The Balaban J connectivity index is 0.000000446. The van der Waals surface area contributed by atoms with Crippen molar-refractivity contribution in [3.05, 3.63) is 41.5 Å². The molecule has 4 N–H and O–H groups in total. The van der Waals surface area contributed by atoms with Crippen LogP contribution in [0.4, 0.5) is 4.39 Å². The van der Waals surface area contributed by atoms with E-state index in [0.717, 1.165) is 50.9 Å². The van der Waals surface area contributed by atoms with Gasteiger partial charge >= 0.3 is 11.9 Å². The number of carboxylic acids is 2. The van der Waals surface area contributed by atoms with Crippen LogP contribution in [0.3, 0.4) is 0 Å². The lowest BCUT2D eigenvalue weighted by molar-refractivity contribution is -0.888. The predicted molar refractivity (Wildman–Crippen MR) is 153 cm³/mol. The van der Waals surface area contributed by atoms with E-state index in [1.165, 1.54) is 16.0 Å². The summed E-state index contributed by atoms with van der Waals surface area (Å²) in [5.41, 5.74) is 2.42. The maximum Gasteiger partial charge on any atom is 0.328 e. The van der Waals surface area contributed by atoms with Gasteiger partial charge in [-0.15, -0.1) is 0 Å². The molecule has 3 fully saturated rings. The fourth-order valence-electron chi connectivity index (χ4n) is 7.85. The van der Waals surface area contributed by atoms with E-state index in [0.29, 0.717) is 62.3 Å². The molecular formula is C32H44FN2O7+. The quantitative estimate of drug-likeness (QED) is 0.258. The summed E-state index contributed by atoms with van der Waals surface area (Å²) in [6.45, 7) is 7.91. The van der Waals surface area contributed by atoms with Crippen LogP contribution in [0.5, 0.6) is 5.75 Å². The monoisotopic (exact) mass is 587 g/mol. The summed E-state index contributed by atoms with van der Waals surface area (Å²) < 4.78 is 19.4. The highest BCUT2D eigenvalue weighted by atomic mass is 19.1. The maximum absolute atomic E-state index is 13.3. The summed E-state index contributed by atoms with van der Waals surface area (Å²) in [6.07, 6.45) is 6.44. The lowest BCUT2D eigenvalue weighted by Gasteiger charge is -2.49. The van der Waals surface area contributed by atoms with Crippen molar-refractivity contribution < 1.29 is 43.4 Å². The summed E-state index contributed by atoms with van der Waals surface area (Å²) in [5.74, 6) is -0.456. The first-order valence-corrected chi connectivity index (χ1v) is 15.2. The number of Topliss-reactive ketones (excluding diaryl/α,β-unsaturated/α-hetero) is 1. The van der Waals surface area contributed by atoms with Crippen LogP contribution in [0.2, 0.25) is 0 Å². The minimum absolute atomic E-state index is 0.0672. The van der Waals surface area contributed by atoms with Gasteiger partial charge in [0.2, 0.25) is 5.91 Å². The molecule has 2 saturated carbocycles. The minimum Gasteiger partial charge on any atom is -0.493 e. The number of ketones is 1. The SMILES string of the molecule is CCNC(=O)[C@H]1CC(=O)[C@@]2(C)CC[C@@H]3c4ccc(OCCC[NH+]5CC[C@@H](F)C5)cc4CC[C@H]3[C@H]12.O=C(O)/C=C/C(=O)O. The number of likely N-dealkylation sites (tertiary alicyclic amines) is 1. The number of aliphatic carboxylic acids is 2. The molecule has 3 aliphatic carbocycles. The van der Waals surface area contributed by atoms with E-state index in [1.807, 2.05) is 6.92 Å². The summed E-state index contributed by atoms with van der Waals surface area (Å²) in [5, 5.41) is 18.6. The zero-order valence-electron chi connectivity index (χ0n) is 24.6. The van der Waals surface area contributed by atoms with Crippen molar-refractivity contribution in [1.29, 1.82) is 0 Å². The molecule has 1 amide bonds. The van der Waals surface area contributed by atoms with Gasteiger partial charge < -0.3 is 25.2 Å². The van der Waals surface area contributed by atoms with E-state index in [2.05, 4.69) is 30.4 Å². The first kappa shape index (κ1) is 31.7. The van der Waals surface area contributed by atoms with Gasteiger partial charge in [0, 0.05) is 49.3 Å². The second-order valence-electron chi connectivity index (χ2n) is 12.3. The summed E-state index contributed by atoms with van der Waals surface area (Å²) in [6, 6.07) is 6.54. The van der Waals surface area contributed by atoms with Crippen LogP contribution in [0.25, 0.3) is 0 Å². The van der Waals surface area contributed by atoms with Crippen molar-refractivity contribution in [3.8, 4) is 5.75 Å². The van der Waals surface area contributed by atoms with E-state index >= 15 is 0 Å². The molecule has 1 heterocycles. The third-order valence-electron chi connectivity index (χ3n) is 9.75. The van der Waals surface area contributed by atoms with E-state index in [9.17, 15) is 23.6 Å². The molecule has 4 aliphatic rings. The molecule has 1 unspecified atom stereocenters. The number of ether oxygens (including phenoxy) is 1. The van der Waals surface area contributed by atoms with E-state index in [-0.39, 0.29) is 23.2 Å². The number of carboxylic acid groups (broad SMARTS) is 2. The first-order chi connectivity index (χ1) is 20.0. The number of carbonyl (C=O) groups excluding carboxylic acids is 2. The molecular weight excluding hydrogens is 543 g/mol. The van der Waals surface area contributed by atoms with Crippen LogP contribution < -0.4 is 15.0 Å². The van der Waals surface area contributed by atoms with Gasteiger partial charge in [-0.05, 0) is 73.6 Å². The number of hydrogen-bond acceptors (Lipinski definition) is 5. The predicted octanol–water partition coefficient (Wildman–Crippen LogP) is 2.58. The molecule has 1 aromatic rings. The second-order valence-corrected chi connectivity index (χ2v) is 12.3. The fourth-order valence-corrected chi connectivity index (χ4v) is 7.85. The van der Waals surface area contributed by atoms with Crippen LogP contribution in [0.1, 0.15) is 69.4 Å². The van der Waals surface area contributed by atoms with Gasteiger partial charge in [0.25, 0.3) is 0 Å². The van der Waals surface area contributed by atoms with Crippen LogP contribution in [0, 0.1) is 23.2 Å². The Bertz CT molecular complexity index is 1190. The van der Waals surface area contributed by atoms with E-state index in [4.69, 9.17) is 14.9 Å². The van der Waals surface area contributed by atoms with Crippen LogP contribution in [0.15, 0.2) is 30.4 Å². The fraction of sp³-hybridized carbons (Fsp3) is 0.625. The van der Waals surface area contributed by atoms with Crippen LogP contribution in [-0.4, -0.2) is 72.8 Å². The Hall–Kier alpha value is -3.27. The Morgan fingerprint density at radius 3 is 2.55 bits per heavy atom. The largest absolute Gasteiger partial charge is 0.493 e. The highest BCUT2D eigenvalue weighted by Gasteiger charge is 2.60. The summed E-state index contributed by atoms with van der Waals surface area (Å²) in [4.78, 5) is 46.4. The molecule has 0 radical (unpaired) electrons. The third-order valence-corrected chi connectivity index (χ3v) is 9.75. The van der Waals surface area contributed by atoms with Crippen molar-refractivity contribution in [2.24, 2.45) is 23.2 Å². The number of fused-ring (bicyclic) bond motifs is 5. The van der Waals surface area contributed by atoms with Gasteiger partial charge in [-0.3, -0.25) is 9.59 Å². The number of alkyl halides is 1. The lowest BCUT2D eigenvalue weighted by atomic mass is 9.54. The molecule has 1 aliphatic heterocycles. The average molecular weight is 588 g/mol. The second kappa shape index (κ2) is 13.8. The molecule has 9 nitrogen and oxygen atoms in total. The van der Waals surface area contributed by atoms with Gasteiger partial charge in [-0.1, -0.05) is 13.0 Å². The molecule has 42 heavy (non-hydrogen) atoms. The van der Waals surface area contributed by atoms with Crippen molar-refractivity contribution in [3.63, 3.8) is 0 Å². The number of amides is 1. The number of benzene rings is 1. The van der Waals surface area contributed by atoms with Crippen LogP contribution in [-0.2, 0) is 25.6 Å². The normalized spacial score (nSPS) is 31.4. The average Bonchev–Trinajstić information content (AvgIpc) is 3.49. The Labute approximate surface area is 246 Å². The molecule has 1 saturated heterocycles. The lowest BCUT2D eigenvalue weighted by Crippen LogP contribution is -3.10. The van der Waals surface area contributed by atoms with Crippen molar-refractivity contribution in [2.45, 2.75) is 70.9 Å². The Morgan fingerprint density at radius 2 is 1.90 bits per heavy atom. The van der Waals surface area contributed by atoms with Gasteiger partial charge in [0.05, 0.1) is 19.7 Å². The number of carbonyl (C=O) groups is 4. The number of rotatable bonds is 9. The molecule has 0 aromatic heterocycles. The topological polar surface area (TPSA) is 134 Å². The Morgan fingerprint density at radius 1 is 1.17 bits per heavy atom. The number of nitrogens with one attached hydrogen (secondary N) is 2. The highest BCUT2D eigenvalue weighted by molar-refractivity contribution is 5.94. The number of halogens is 1. The van der Waals surface area contributed by atoms with Gasteiger partial charge in [-0.25, -0.2) is 14.0 Å². The van der Waals surface area contributed by atoms with Gasteiger partial charge in [0.15, 0.2) is 6.17 Å². The van der Waals surface area contributed by atoms with Gasteiger partial charge in [0.1, 0.15) is 18.1 Å². The summed E-state index contributed by atoms with van der Waals surface area (Å²) >= 11 is 0. The first-order valence-electron chi connectivity index (χ1n) is 15.2. The van der Waals surface area contributed by atoms with Crippen molar-refractivity contribution in [1.82, 2.24) is 5.32 Å². The number of aryl methyl sites for hydroxylation is 1. The van der Waals surface area contributed by atoms with Crippen LogP contribution >= 0.6 is 0 Å². The molecule has 0 spiro atoms. The van der Waals surface area contributed by atoms with Crippen molar-refractivity contribution >= 4 is 23.6 Å². The number of quaternary nitrogens is 1. The third kappa shape index (κ3) is 7.19. The van der Waals surface area contributed by atoms with E-state index in [1.54, 1.807) is 0 Å². The molecule has 7 atom stereocenters. The molecule has 230 valence electrons. The van der Waals surface area contributed by atoms with Gasteiger partial charge in [-0.2, -0.15) is 0 Å². The van der Waals surface area contributed by atoms with Crippen molar-refractivity contribution in [2.75, 3.05) is 32.8 Å². The maximum atomic E-state index is 13.3. The molecule has 0 bridgehead atoms. The minimum atomic E-state index is -1.26. The smallest absolute Gasteiger partial charge is 0.328 e. The van der Waals surface area contributed by atoms with E-state index < -0.39 is 18.1 Å². The molecule has 10 heteroatoms. The summed E-state index contributed by atoms with van der Waals surface area (Å²) in [7, 11) is 0. The molecule has 1 aromatic carbocycles. The standard InChI is InChI=1S/C28H39FN2O3.C4H4O4/c1-3-30-27(33)24-16-25(32)28(2)11-9-22-21-8-6-20(15-18(21)5-7-23(22)26(24)28)34-14-4-12-31-13-10-19(29)17-31;5-3(6)1-2-4(7)8/h6,8,15,19,22-24,26H,3-5,7,9-14,16-17H2,1-2H3,(H,30,33);1-2H,(H,5,6)(H,7,8)/p+1/b;2-1+/t19-,22-,23-,24+,26-,28-;/m1./s1. The highest BCUT2D eigenvalue weighted by Crippen LogP contribution is 2.61. The zero-order chi connectivity index (χ0) is 30.4. The zero-order valence-corrected chi connectivity index (χ0v) is 24.6. The Kier molecular flexibility index (Phi) is 10.4. The molecule has 5 rings (SSSR count). The number of hydrogen-bond donors (Lipinski definition) is 4.